The molecule has 222 valence electrons. The molecule has 1 aliphatic heterocycles. The van der Waals surface area contributed by atoms with Crippen molar-refractivity contribution in [2.45, 2.75) is 20.0 Å². The van der Waals surface area contributed by atoms with Crippen molar-refractivity contribution < 1.29 is 18.8 Å². The monoisotopic (exact) mass is 623 g/mol. The maximum Gasteiger partial charge on any atom is 0.211 e. The molecule has 1 saturated heterocycles. The zero-order valence-corrected chi connectivity index (χ0v) is 25.6. The Kier molecular flexibility index (Phi) is 13.4. The topological polar surface area (TPSA) is 167 Å². The van der Waals surface area contributed by atoms with Gasteiger partial charge in [-0.3, -0.25) is 9.78 Å². The molecule has 0 aliphatic carbocycles. The second kappa shape index (κ2) is 16.2. The van der Waals surface area contributed by atoms with Crippen LogP contribution in [0.2, 0.25) is 10.0 Å². The average Bonchev–Trinajstić information content (AvgIpc) is 2.94. The first-order valence-corrected chi connectivity index (χ1v) is 15.0. The van der Waals surface area contributed by atoms with Crippen LogP contribution in [0.15, 0.2) is 53.3 Å². The zero-order valence-electron chi connectivity index (χ0n) is 23.3. The molecular weight excluding hydrogens is 589 g/mol. The van der Waals surface area contributed by atoms with Crippen molar-refractivity contribution in [3.05, 3.63) is 70.1 Å². The lowest BCUT2D eigenvalue weighted by molar-refractivity contribution is -0.105. The number of carbonyl (C=O) groups is 1. The molecule has 41 heavy (non-hydrogen) atoms. The number of halogens is 2. The van der Waals surface area contributed by atoms with Crippen LogP contribution in [0.25, 0.3) is 0 Å². The molecule has 3 heterocycles. The molecule has 1 aromatic carbocycles. The quantitative estimate of drug-likeness (QED) is 0.165. The smallest absolute Gasteiger partial charge is 0.211 e. The molecule has 0 saturated carbocycles. The number of benzene rings is 1. The van der Waals surface area contributed by atoms with Gasteiger partial charge in [0.15, 0.2) is 5.82 Å². The van der Waals surface area contributed by atoms with Crippen LogP contribution in [0.1, 0.15) is 31.1 Å². The molecule has 0 bridgehead atoms. The fraction of sp³-hybridized carbons (Fsp3) is 0.333. The normalized spacial score (nSPS) is 14.7. The van der Waals surface area contributed by atoms with Crippen LogP contribution in [0.4, 0.5) is 17.2 Å². The number of ether oxygens (including phenoxy) is 1. The van der Waals surface area contributed by atoms with Gasteiger partial charge in [-0.15, -0.1) is 0 Å². The lowest BCUT2D eigenvalue weighted by Crippen LogP contribution is -2.37. The Bertz CT molecular complexity index is 1410. The van der Waals surface area contributed by atoms with Gasteiger partial charge in [-0.1, -0.05) is 23.2 Å². The van der Waals surface area contributed by atoms with Crippen molar-refractivity contribution >= 4 is 62.2 Å². The Morgan fingerprint density at radius 3 is 2.37 bits per heavy atom. The van der Waals surface area contributed by atoms with Crippen LogP contribution >= 0.6 is 23.2 Å². The first-order valence-electron chi connectivity index (χ1n) is 12.4. The third kappa shape index (κ3) is 10.2. The highest BCUT2D eigenvalue weighted by Crippen LogP contribution is 2.33. The molecular formula is C27H35Cl2N7O4S. The van der Waals surface area contributed by atoms with Gasteiger partial charge < -0.3 is 31.2 Å². The third-order valence-electron chi connectivity index (χ3n) is 5.86. The van der Waals surface area contributed by atoms with E-state index in [0.717, 1.165) is 20.2 Å². The number of nitrogen functional groups attached to an aromatic ring is 1. The molecule has 1 unspecified atom stereocenters. The van der Waals surface area contributed by atoms with Gasteiger partial charge in [-0.25, -0.2) is 9.19 Å². The van der Waals surface area contributed by atoms with E-state index < -0.39 is 9.73 Å². The van der Waals surface area contributed by atoms with Gasteiger partial charge >= 0.3 is 0 Å². The van der Waals surface area contributed by atoms with E-state index in [1.54, 1.807) is 37.3 Å². The van der Waals surface area contributed by atoms with E-state index in [2.05, 4.69) is 24.5 Å². The maximum absolute atomic E-state index is 12.4. The molecule has 1 aliphatic rings. The van der Waals surface area contributed by atoms with Crippen molar-refractivity contribution in [3.63, 3.8) is 0 Å². The van der Waals surface area contributed by atoms with Gasteiger partial charge in [0.25, 0.3) is 0 Å². The van der Waals surface area contributed by atoms with Crippen molar-refractivity contribution in [1.82, 2.24) is 14.9 Å². The minimum absolute atomic E-state index is 0.351. The number of aliphatic hydroxyl groups is 1. The largest absolute Gasteiger partial charge is 0.486 e. The Balaban J connectivity index is 0.000000273. The molecule has 1 amide bonds. The highest BCUT2D eigenvalue weighted by atomic mass is 35.5. The standard InChI is InChI=1S/C15H15Cl2N3O.C11H16N4O2S.CH4O/c1-8(18)11-5-10(3-4-14(11)19)21-9(2)15-12(16)6-20-7-13(15)17;1-15-4-6-18(17,7-5-15)14-11-3-2-10(8-12-11)13-9-16;1-2/h3-7,9,18H,19H2,1-2H3;2-3,8-9H,4-7H2,1H3,(H,13,16);2H,1H3. The van der Waals surface area contributed by atoms with E-state index in [9.17, 15) is 9.00 Å². The Morgan fingerprint density at radius 2 is 1.83 bits per heavy atom. The van der Waals surface area contributed by atoms with Gasteiger partial charge in [0, 0.05) is 66.6 Å². The molecule has 4 rings (SSSR count). The molecule has 0 spiro atoms. The van der Waals surface area contributed by atoms with Gasteiger partial charge in [0.1, 0.15) is 11.9 Å². The summed E-state index contributed by atoms with van der Waals surface area (Å²) in [6, 6.07) is 8.55. The van der Waals surface area contributed by atoms with Crippen LogP contribution in [-0.2, 0) is 14.5 Å². The number of amides is 1. The van der Waals surface area contributed by atoms with E-state index in [1.165, 1.54) is 18.6 Å². The van der Waals surface area contributed by atoms with Crippen molar-refractivity contribution in [3.8, 4) is 5.75 Å². The lowest BCUT2D eigenvalue weighted by atomic mass is 10.1. The summed E-state index contributed by atoms with van der Waals surface area (Å²) >= 11 is 12.2. The molecule has 1 fully saturated rings. The number of aromatic nitrogens is 2. The van der Waals surface area contributed by atoms with Gasteiger partial charge in [0.2, 0.25) is 6.41 Å². The summed E-state index contributed by atoms with van der Waals surface area (Å²) in [5.41, 5.74) is 8.68. The van der Waals surface area contributed by atoms with Crippen LogP contribution < -0.4 is 15.8 Å². The fourth-order valence-corrected chi connectivity index (χ4v) is 6.37. The van der Waals surface area contributed by atoms with E-state index in [-0.39, 0.29) is 6.10 Å². The van der Waals surface area contributed by atoms with Crippen LogP contribution in [0, 0.1) is 5.41 Å². The number of nitrogens with zero attached hydrogens (tertiary/aromatic N) is 4. The summed E-state index contributed by atoms with van der Waals surface area (Å²) < 4.78 is 22.5. The minimum atomic E-state index is -2.17. The van der Waals surface area contributed by atoms with E-state index in [4.69, 9.17) is 44.2 Å². The second-order valence-electron chi connectivity index (χ2n) is 8.89. The molecule has 3 aromatic rings. The number of rotatable bonds is 7. The molecule has 5 N–H and O–H groups in total. The Morgan fingerprint density at radius 1 is 1.20 bits per heavy atom. The van der Waals surface area contributed by atoms with Crippen LogP contribution in [-0.4, -0.2) is 75.1 Å². The summed E-state index contributed by atoms with van der Waals surface area (Å²) in [6.45, 7) is 5.12. The fourth-order valence-electron chi connectivity index (χ4n) is 3.67. The molecule has 1 atom stereocenters. The molecule has 2 aromatic heterocycles. The molecule has 11 nitrogen and oxygen atoms in total. The lowest BCUT2D eigenvalue weighted by Gasteiger charge is -2.24. The number of nitrogens with two attached hydrogens (primary N) is 1. The highest BCUT2D eigenvalue weighted by molar-refractivity contribution is 7.93. The van der Waals surface area contributed by atoms with Gasteiger partial charge in [-0.2, -0.15) is 4.36 Å². The van der Waals surface area contributed by atoms with Crippen molar-refractivity contribution in [2.75, 3.05) is 49.8 Å². The molecule has 14 heteroatoms. The van der Waals surface area contributed by atoms with Crippen LogP contribution in [0.3, 0.4) is 0 Å². The van der Waals surface area contributed by atoms with Gasteiger partial charge in [-0.05, 0) is 51.2 Å². The number of anilines is 2. The van der Waals surface area contributed by atoms with Gasteiger partial charge in [0.05, 0.1) is 31.7 Å². The summed E-state index contributed by atoms with van der Waals surface area (Å²) in [6.07, 6.45) is 4.80. The van der Waals surface area contributed by atoms with Crippen molar-refractivity contribution in [1.29, 1.82) is 5.41 Å². The Hall–Kier alpha value is -3.29. The number of pyridine rings is 2. The first-order chi connectivity index (χ1) is 19.5. The SMILES string of the molecule is CC(=N)c1cc(OC(C)c2c(Cl)cncc2Cl)ccc1N.CN1CCS(=O)(=Nc2ccc(NC=O)cn2)CC1.CO. The summed E-state index contributed by atoms with van der Waals surface area (Å²) in [4.78, 5) is 20.4. The summed E-state index contributed by atoms with van der Waals surface area (Å²) in [5.74, 6) is 2.22. The predicted molar refractivity (Wildman–Crippen MR) is 166 cm³/mol. The second-order valence-corrected chi connectivity index (χ2v) is 12.3. The molecule has 0 radical (unpaired) electrons. The summed E-state index contributed by atoms with van der Waals surface area (Å²) in [5, 5.41) is 18.1. The van der Waals surface area contributed by atoms with E-state index in [1.807, 2.05) is 14.0 Å². The average molecular weight is 625 g/mol. The number of aliphatic hydroxyl groups excluding tert-OH is 1. The minimum Gasteiger partial charge on any atom is -0.486 e. The highest BCUT2D eigenvalue weighted by Gasteiger charge is 2.18. The number of carbonyl (C=O) groups excluding carboxylic acids is 1. The predicted octanol–water partition coefficient (Wildman–Crippen LogP) is 4.80. The summed E-state index contributed by atoms with van der Waals surface area (Å²) in [7, 11) is 0.841. The first kappa shape index (κ1) is 33.9. The zero-order chi connectivity index (χ0) is 30.6. The number of hydrogen-bond donors (Lipinski definition) is 4. The number of nitrogens with one attached hydrogen (secondary N) is 2. The van der Waals surface area contributed by atoms with E-state index in [0.29, 0.717) is 67.7 Å². The van der Waals surface area contributed by atoms with Crippen molar-refractivity contribution in [2.24, 2.45) is 4.36 Å². The van der Waals surface area contributed by atoms with Crippen LogP contribution in [0.5, 0.6) is 5.75 Å². The third-order valence-corrected chi connectivity index (χ3v) is 8.62. The maximum atomic E-state index is 12.4. The number of hydrogen-bond acceptors (Lipinski definition) is 10. The van der Waals surface area contributed by atoms with E-state index >= 15 is 0 Å². The Labute approximate surface area is 250 Å².